The van der Waals surface area contributed by atoms with Gasteiger partial charge >= 0.3 is 5.88 Å². The summed E-state index contributed by atoms with van der Waals surface area (Å²) >= 11 is 0. The molecular formula is C16H18N2O8S3. The molecule has 13 heteroatoms. The second-order valence-corrected chi connectivity index (χ2v) is 12.0. The predicted molar refractivity (Wildman–Crippen MR) is 105 cm³/mol. The van der Waals surface area contributed by atoms with Gasteiger partial charge in [-0.15, -0.1) is 0 Å². The molecule has 0 unspecified atom stereocenters. The first-order valence-electron chi connectivity index (χ1n) is 7.92. The van der Waals surface area contributed by atoms with Gasteiger partial charge in [-0.2, -0.15) is 0 Å². The summed E-state index contributed by atoms with van der Waals surface area (Å²) in [6.45, 7) is 2.80. The van der Waals surface area contributed by atoms with Gasteiger partial charge in [0.1, 0.15) is 0 Å². The van der Waals surface area contributed by atoms with Gasteiger partial charge in [0.25, 0.3) is 10.0 Å². The largest absolute Gasteiger partial charge is 0.305 e. The Kier molecular flexibility index (Phi) is 6.07. The maximum atomic E-state index is 12.5. The summed E-state index contributed by atoms with van der Waals surface area (Å²) in [5.41, 5.74) is 0.362. The molecule has 0 bridgehead atoms. The summed E-state index contributed by atoms with van der Waals surface area (Å²) in [5.74, 6) is -1.27. The summed E-state index contributed by atoms with van der Waals surface area (Å²) in [5, 5.41) is 10.6. The first-order valence-corrected chi connectivity index (χ1v) is 12.9. The molecule has 0 aliphatic heterocycles. The Hall–Kier alpha value is -2.51. The zero-order valence-corrected chi connectivity index (χ0v) is 18.1. The molecule has 0 fully saturated rings. The molecule has 0 aliphatic carbocycles. The molecule has 0 aromatic heterocycles. The van der Waals surface area contributed by atoms with Gasteiger partial charge in [0, 0.05) is 16.9 Å². The van der Waals surface area contributed by atoms with E-state index in [9.17, 15) is 35.4 Å². The zero-order chi connectivity index (χ0) is 22.2. The SMILES string of the molecule is Cc1cc(NS(=O)(=O)c2ccc(S(C)(=O)=O)cc2)cc(C)c1S(=O)(=O)C[N+](=O)[O-]. The molecule has 10 nitrogen and oxygen atoms in total. The second-order valence-electron chi connectivity index (χ2n) is 6.36. The third-order valence-corrected chi connectivity index (χ3v) is 8.20. The molecule has 0 heterocycles. The molecule has 2 aromatic rings. The van der Waals surface area contributed by atoms with E-state index < -0.39 is 40.5 Å². The second kappa shape index (κ2) is 7.72. The smallest absolute Gasteiger partial charge is 0.280 e. The highest BCUT2D eigenvalue weighted by molar-refractivity contribution is 7.93. The Balaban J connectivity index is 2.41. The van der Waals surface area contributed by atoms with Gasteiger partial charge in [-0.25, -0.2) is 25.3 Å². The fourth-order valence-electron chi connectivity index (χ4n) is 2.78. The van der Waals surface area contributed by atoms with Gasteiger partial charge in [-0.05, 0) is 61.4 Å². The van der Waals surface area contributed by atoms with Crippen LogP contribution in [-0.4, -0.2) is 42.3 Å². The number of nitrogens with zero attached hydrogens (tertiary/aromatic N) is 1. The number of hydrogen-bond acceptors (Lipinski definition) is 8. The van der Waals surface area contributed by atoms with Crippen LogP contribution >= 0.6 is 0 Å². The molecule has 2 rings (SSSR count). The van der Waals surface area contributed by atoms with Crippen molar-refractivity contribution < 1.29 is 30.2 Å². The quantitative estimate of drug-likeness (QED) is 0.479. The van der Waals surface area contributed by atoms with Crippen LogP contribution in [0.4, 0.5) is 5.69 Å². The average Bonchev–Trinajstić information content (AvgIpc) is 2.51. The number of sulfonamides is 1. The molecule has 0 amide bonds. The normalized spacial score (nSPS) is 12.5. The Morgan fingerprint density at radius 2 is 1.34 bits per heavy atom. The molecule has 0 saturated carbocycles. The van der Waals surface area contributed by atoms with E-state index in [1.54, 1.807) is 0 Å². The van der Waals surface area contributed by atoms with Crippen LogP contribution in [0.25, 0.3) is 0 Å². The van der Waals surface area contributed by atoms with Crippen molar-refractivity contribution in [3.63, 3.8) is 0 Å². The standard InChI is InChI=1S/C16H18N2O8S3/c1-11-8-13(9-12(2)16(11)28(23,24)10-18(19)20)17-29(25,26)15-6-4-14(5-7-15)27(3,21)22/h4-9,17H,10H2,1-3H3. The van der Waals surface area contributed by atoms with Crippen molar-refractivity contribution in [3.8, 4) is 0 Å². The van der Waals surface area contributed by atoms with Gasteiger partial charge in [0.15, 0.2) is 9.84 Å². The molecule has 29 heavy (non-hydrogen) atoms. The van der Waals surface area contributed by atoms with E-state index >= 15 is 0 Å². The molecular weight excluding hydrogens is 444 g/mol. The van der Waals surface area contributed by atoms with Crippen molar-refractivity contribution in [1.82, 2.24) is 0 Å². The van der Waals surface area contributed by atoms with Crippen molar-refractivity contribution in [2.24, 2.45) is 0 Å². The summed E-state index contributed by atoms with van der Waals surface area (Å²) in [6, 6.07) is 7.09. The van der Waals surface area contributed by atoms with Crippen molar-refractivity contribution >= 4 is 35.4 Å². The highest BCUT2D eigenvalue weighted by Gasteiger charge is 2.26. The fraction of sp³-hybridized carbons (Fsp3) is 0.250. The minimum Gasteiger partial charge on any atom is -0.280 e. The molecule has 0 aliphatic rings. The maximum absolute atomic E-state index is 12.5. The highest BCUT2D eigenvalue weighted by atomic mass is 32.2. The van der Waals surface area contributed by atoms with Crippen LogP contribution in [-0.2, 0) is 29.7 Å². The molecule has 2 aromatic carbocycles. The monoisotopic (exact) mass is 462 g/mol. The summed E-state index contributed by atoms with van der Waals surface area (Å²) < 4.78 is 74.7. The Morgan fingerprint density at radius 3 is 1.76 bits per heavy atom. The van der Waals surface area contributed by atoms with Crippen LogP contribution < -0.4 is 4.72 Å². The van der Waals surface area contributed by atoms with Crippen LogP contribution in [0.2, 0.25) is 0 Å². The average molecular weight is 463 g/mol. The summed E-state index contributed by atoms with van der Waals surface area (Å²) in [6.07, 6.45) is 0.995. The number of benzene rings is 2. The van der Waals surface area contributed by atoms with E-state index in [0.29, 0.717) is 0 Å². The van der Waals surface area contributed by atoms with Gasteiger partial charge in [-0.3, -0.25) is 14.8 Å². The summed E-state index contributed by atoms with van der Waals surface area (Å²) in [7, 11) is -11.7. The van der Waals surface area contributed by atoms with Crippen molar-refractivity contribution in [2.45, 2.75) is 28.5 Å². The van der Waals surface area contributed by atoms with Crippen LogP contribution in [0, 0.1) is 24.0 Å². The number of rotatable bonds is 7. The third-order valence-electron chi connectivity index (χ3n) is 3.86. The van der Waals surface area contributed by atoms with Gasteiger partial charge in [0.05, 0.1) is 14.7 Å². The molecule has 1 N–H and O–H groups in total. The van der Waals surface area contributed by atoms with E-state index in [4.69, 9.17) is 0 Å². The third kappa shape index (κ3) is 5.31. The molecule has 158 valence electrons. The van der Waals surface area contributed by atoms with Crippen molar-refractivity contribution in [3.05, 3.63) is 57.6 Å². The Bertz CT molecular complexity index is 1260. The number of anilines is 1. The van der Waals surface area contributed by atoms with Crippen LogP contribution in [0.15, 0.2) is 51.1 Å². The Labute approximate surface area is 168 Å². The van der Waals surface area contributed by atoms with Crippen LogP contribution in [0.1, 0.15) is 11.1 Å². The lowest BCUT2D eigenvalue weighted by molar-refractivity contribution is -0.458. The number of sulfone groups is 2. The summed E-state index contributed by atoms with van der Waals surface area (Å²) in [4.78, 5) is 9.20. The fourth-order valence-corrected chi connectivity index (χ4v) is 5.96. The Morgan fingerprint density at radius 1 is 0.897 bits per heavy atom. The molecule has 0 saturated heterocycles. The predicted octanol–water partition coefficient (Wildman–Crippen LogP) is 1.52. The van der Waals surface area contributed by atoms with Crippen molar-refractivity contribution in [1.29, 1.82) is 0 Å². The van der Waals surface area contributed by atoms with Crippen LogP contribution in [0.5, 0.6) is 0 Å². The lowest BCUT2D eigenvalue weighted by Crippen LogP contribution is -2.18. The van der Waals surface area contributed by atoms with E-state index in [-0.39, 0.29) is 31.5 Å². The molecule has 0 radical (unpaired) electrons. The zero-order valence-electron chi connectivity index (χ0n) is 15.6. The number of hydrogen-bond donors (Lipinski definition) is 1. The van der Waals surface area contributed by atoms with E-state index in [1.165, 1.54) is 26.0 Å². The minimum absolute atomic E-state index is 0.0384. The highest BCUT2D eigenvalue weighted by Crippen LogP contribution is 2.27. The minimum atomic E-state index is -4.19. The number of nitro groups is 1. The van der Waals surface area contributed by atoms with Gasteiger partial charge < -0.3 is 0 Å². The van der Waals surface area contributed by atoms with E-state index in [0.717, 1.165) is 30.5 Å². The van der Waals surface area contributed by atoms with E-state index in [2.05, 4.69) is 4.72 Å². The topological polar surface area (TPSA) is 158 Å². The lowest BCUT2D eigenvalue weighted by atomic mass is 10.1. The van der Waals surface area contributed by atoms with Crippen molar-refractivity contribution in [2.75, 3.05) is 16.9 Å². The number of nitrogens with one attached hydrogen (secondary N) is 1. The molecule has 0 spiro atoms. The van der Waals surface area contributed by atoms with E-state index in [1.807, 2.05) is 0 Å². The first kappa shape index (κ1) is 22.8. The number of aryl methyl sites for hydroxylation is 2. The first-order chi connectivity index (χ1) is 13.1. The van der Waals surface area contributed by atoms with Crippen LogP contribution in [0.3, 0.4) is 0 Å². The van der Waals surface area contributed by atoms with Gasteiger partial charge in [-0.1, -0.05) is 0 Å². The lowest BCUT2D eigenvalue weighted by Gasteiger charge is -2.13. The van der Waals surface area contributed by atoms with Gasteiger partial charge in [0.2, 0.25) is 9.84 Å². The maximum Gasteiger partial charge on any atom is 0.305 e. The molecule has 0 atom stereocenters.